The van der Waals surface area contributed by atoms with E-state index >= 15 is 0 Å². The van der Waals surface area contributed by atoms with Crippen molar-refractivity contribution in [2.45, 2.75) is 25.3 Å². The number of methoxy groups -OCH3 is 2. The van der Waals surface area contributed by atoms with Crippen molar-refractivity contribution in [2.24, 2.45) is 5.92 Å². The molecular weight excluding hydrogens is 296 g/mol. The van der Waals surface area contributed by atoms with Gasteiger partial charge in [0.2, 0.25) is 0 Å². The van der Waals surface area contributed by atoms with Crippen LogP contribution in [-0.4, -0.2) is 31.8 Å². The SMILES string of the molecule is COc1cc(C2CC(C(=O)O)CN2)c(C(C)(F)F)cc1OC. The summed E-state index contributed by atoms with van der Waals surface area (Å²) in [5, 5.41) is 12.1. The minimum Gasteiger partial charge on any atom is -0.493 e. The number of nitrogens with one attached hydrogen (secondary N) is 1. The molecule has 2 rings (SSSR count). The Hall–Kier alpha value is -1.89. The Morgan fingerprint density at radius 1 is 1.32 bits per heavy atom. The van der Waals surface area contributed by atoms with Crippen molar-refractivity contribution in [1.29, 1.82) is 0 Å². The molecule has 22 heavy (non-hydrogen) atoms. The molecule has 5 nitrogen and oxygen atoms in total. The molecule has 0 saturated carbocycles. The summed E-state index contributed by atoms with van der Waals surface area (Å²) >= 11 is 0. The van der Waals surface area contributed by atoms with E-state index in [0.29, 0.717) is 11.3 Å². The lowest BCUT2D eigenvalue weighted by Gasteiger charge is -2.22. The van der Waals surface area contributed by atoms with Crippen LogP contribution in [0, 0.1) is 5.92 Å². The fourth-order valence-electron chi connectivity index (χ4n) is 2.72. The molecule has 1 saturated heterocycles. The Morgan fingerprint density at radius 2 is 1.91 bits per heavy atom. The Labute approximate surface area is 127 Å². The maximum Gasteiger partial charge on any atom is 0.307 e. The standard InChI is InChI=1S/C15H19F2NO4/c1-15(16,17)10-6-13(22-3)12(21-2)5-9(10)11-4-8(7-18-11)14(19)20/h5-6,8,11,18H,4,7H2,1-3H3,(H,19,20). The number of halogens is 2. The minimum atomic E-state index is -3.07. The van der Waals surface area contributed by atoms with Crippen LogP contribution in [0.1, 0.15) is 30.5 Å². The van der Waals surface area contributed by atoms with Crippen LogP contribution in [0.5, 0.6) is 11.5 Å². The molecule has 1 aliphatic heterocycles. The van der Waals surface area contributed by atoms with Crippen LogP contribution in [0.2, 0.25) is 0 Å². The molecule has 0 aliphatic carbocycles. The van der Waals surface area contributed by atoms with E-state index in [1.165, 1.54) is 26.4 Å². The summed E-state index contributed by atoms with van der Waals surface area (Å²) in [5.74, 6) is -4.03. The Kier molecular flexibility index (Phi) is 4.55. The van der Waals surface area contributed by atoms with Gasteiger partial charge in [-0.25, -0.2) is 8.78 Å². The van der Waals surface area contributed by atoms with Gasteiger partial charge in [-0.1, -0.05) is 0 Å². The monoisotopic (exact) mass is 315 g/mol. The van der Waals surface area contributed by atoms with Gasteiger partial charge >= 0.3 is 5.97 Å². The summed E-state index contributed by atoms with van der Waals surface area (Å²) in [6.45, 7) is 1.06. The molecule has 0 bridgehead atoms. The lowest BCUT2D eigenvalue weighted by atomic mass is 9.93. The van der Waals surface area contributed by atoms with Crippen molar-refractivity contribution in [3.63, 3.8) is 0 Å². The summed E-state index contributed by atoms with van der Waals surface area (Å²) in [6.07, 6.45) is 0.258. The van der Waals surface area contributed by atoms with Gasteiger partial charge in [0.15, 0.2) is 11.5 Å². The van der Waals surface area contributed by atoms with Gasteiger partial charge in [0.25, 0.3) is 5.92 Å². The number of rotatable bonds is 5. The second-order valence-corrected chi connectivity index (χ2v) is 5.41. The predicted molar refractivity (Wildman–Crippen MR) is 75.6 cm³/mol. The zero-order chi connectivity index (χ0) is 16.5. The van der Waals surface area contributed by atoms with Gasteiger partial charge in [-0.2, -0.15) is 0 Å². The first-order valence-corrected chi connectivity index (χ1v) is 6.88. The van der Waals surface area contributed by atoms with Crippen molar-refractivity contribution in [3.05, 3.63) is 23.3 Å². The van der Waals surface area contributed by atoms with Crippen molar-refractivity contribution in [3.8, 4) is 11.5 Å². The number of alkyl halides is 2. The summed E-state index contributed by atoms with van der Waals surface area (Å²) < 4.78 is 38.1. The van der Waals surface area contributed by atoms with E-state index in [1.807, 2.05) is 0 Å². The van der Waals surface area contributed by atoms with E-state index in [9.17, 15) is 13.6 Å². The van der Waals surface area contributed by atoms with Gasteiger partial charge in [-0.05, 0) is 24.1 Å². The number of carbonyl (C=O) groups is 1. The first-order valence-electron chi connectivity index (χ1n) is 6.88. The fraction of sp³-hybridized carbons (Fsp3) is 0.533. The topological polar surface area (TPSA) is 67.8 Å². The van der Waals surface area contributed by atoms with Crippen LogP contribution in [0.25, 0.3) is 0 Å². The second-order valence-electron chi connectivity index (χ2n) is 5.41. The lowest BCUT2D eigenvalue weighted by Crippen LogP contribution is -2.20. The van der Waals surface area contributed by atoms with E-state index < -0.39 is 23.9 Å². The van der Waals surface area contributed by atoms with Crippen LogP contribution in [0.4, 0.5) is 8.78 Å². The Bertz CT molecular complexity index is 571. The molecule has 1 aromatic rings. The van der Waals surface area contributed by atoms with Gasteiger partial charge in [0, 0.05) is 25.1 Å². The molecule has 1 fully saturated rings. The molecular formula is C15H19F2NO4. The second kappa shape index (κ2) is 6.08. The third kappa shape index (κ3) is 3.14. The van der Waals surface area contributed by atoms with Crippen LogP contribution < -0.4 is 14.8 Å². The normalized spacial score (nSPS) is 21.7. The molecule has 1 aliphatic rings. The van der Waals surface area contributed by atoms with E-state index in [2.05, 4.69) is 5.32 Å². The maximum absolute atomic E-state index is 13.9. The summed E-state index contributed by atoms with van der Waals surface area (Å²) in [5.41, 5.74) is 0.155. The molecule has 1 heterocycles. The van der Waals surface area contributed by atoms with E-state index in [4.69, 9.17) is 14.6 Å². The van der Waals surface area contributed by atoms with Gasteiger partial charge < -0.3 is 19.9 Å². The first kappa shape index (κ1) is 16.5. The average Bonchev–Trinajstić information content (AvgIpc) is 2.94. The number of aliphatic carboxylic acids is 1. The molecule has 0 amide bonds. The largest absolute Gasteiger partial charge is 0.493 e. The number of carboxylic acid groups (broad SMARTS) is 1. The van der Waals surface area contributed by atoms with Crippen molar-refractivity contribution >= 4 is 5.97 Å². The smallest absolute Gasteiger partial charge is 0.307 e. The maximum atomic E-state index is 13.9. The summed E-state index contributed by atoms with van der Waals surface area (Å²) in [7, 11) is 2.80. The van der Waals surface area contributed by atoms with Gasteiger partial charge in [-0.3, -0.25) is 4.79 Å². The Morgan fingerprint density at radius 3 is 2.36 bits per heavy atom. The van der Waals surface area contributed by atoms with E-state index in [0.717, 1.165) is 6.92 Å². The first-order chi connectivity index (χ1) is 10.3. The molecule has 0 aromatic heterocycles. The fourth-order valence-corrected chi connectivity index (χ4v) is 2.72. The van der Waals surface area contributed by atoms with Crippen LogP contribution in [0.3, 0.4) is 0 Å². The van der Waals surface area contributed by atoms with Crippen LogP contribution >= 0.6 is 0 Å². The molecule has 7 heteroatoms. The molecule has 1 aromatic carbocycles. The summed E-state index contributed by atoms with van der Waals surface area (Å²) in [6, 6.07) is 2.29. The van der Waals surface area contributed by atoms with Crippen LogP contribution in [0.15, 0.2) is 12.1 Å². The van der Waals surface area contributed by atoms with Gasteiger partial charge in [0.05, 0.1) is 20.1 Å². The van der Waals surface area contributed by atoms with E-state index in [-0.39, 0.29) is 24.3 Å². The highest BCUT2D eigenvalue weighted by molar-refractivity contribution is 5.71. The summed E-state index contributed by atoms with van der Waals surface area (Å²) in [4.78, 5) is 11.1. The zero-order valence-corrected chi connectivity index (χ0v) is 12.7. The van der Waals surface area contributed by atoms with Gasteiger partial charge in [-0.15, -0.1) is 0 Å². The third-order valence-corrected chi connectivity index (χ3v) is 3.88. The molecule has 2 N–H and O–H groups in total. The van der Waals surface area contributed by atoms with Crippen molar-refractivity contribution in [2.75, 3.05) is 20.8 Å². The number of benzene rings is 1. The molecule has 0 radical (unpaired) electrons. The zero-order valence-electron chi connectivity index (χ0n) is 12.7. The Balaban J connectivity index is 2.47. The molecule has 2 atom stereocenters. The average molecular weight is 315 g/mol. The number of hydrogen-bond donors (Lipinski definition) is 2. The highest BCUT2D eigenvalue weighted by Gasteiger charge is 2.36. The van der Waals surface area contributed by atoms with Gasteiger partial charge in [0.1, 0.15) is 0 Å². The quantitative estimate of drug-likeness (QED) is 0.874. The van der Waals surface area contributed by atoms with Crippen molar-refractivity contribution in [1.82, 2.24) is 5.32 Å². The van der Waals surface area contributed by atoms with Crippen molar-refractivity contribution < 1.29 is 28.2 Å². The highest BCUT2D eigenvalue weighted by atomic mass is 19.3. The lowest BCUT2D eigenvalue weighted by molar-refractivity contribution is -0.141. The number of hydrogen-bond acceptors (Lipinski definition) is 4. The highest BCUT2D eigenvalue weighted by Crippen LogP contribution is 2.42. The minimum absolute atomic E-state index is 0.186. The van der Waals surface area contributed by atoms with E-state index in [1.54, 1.807) is 0 Å². The van der Waals surface area contributed by atoms with Crippen LogP contribution in [-0.2, 0) is 10.7 Å². The predicted octanol–water partition coefficient (Wildman–Crippen LogP) is 2.55. The number of carboxylic acids is 1. The molecule has 122 valence electrons. The third-order valence-electron chi connectivity index (χ3n) is 3.88. The molecule has 2 unspecified atom stereocenters. The molecule has 0 spiro atoms. The number of ether oxygens (including phenoxy) is 2.